The number of fused-ring (bicyclic) bond motifs is 3. The van der Waals surface area contributed by atoms with Gasteiger partial charge in [0.05, 0.1) is 17.5 Å². The van der Waals surface area contributed by atoms with E-state index in [-0.39, 0.29) is 23.9 Å². The number of carbonyl (C=O) groups excluding carboxylic acids is 1. The maximum Gasteiger partial charge on any atom is 0.312 e. The molecule has 1 unspecified atom stereocenters. The van der Waals surface area contributed by atoms with Crippen LogP contribution in [0.4, 0.5) is 0 Å². The van der Waals surface area contributed by atoms with Crippen molar-refractivity contribution >= 4 is 32.8 Å². The smallest absolute Gasteiger partial charge is 0.312 e. The number of halogens is 1. The Morgan fingerprint density at radius 3 is 2.74 bits per heavy atom. The van der Waals surface area contributed by atoms with Crippen molar-refractivity contribution in [2.45, 2.75) is 12.3 Å². The van der Waals surface area contributed by atoms with Crippen LogP contribution >= 0.6 is 15.9 Å². The summed E-state index contributed by atoms with van der Waals surface area (Å²) in [6.45, 7) is 0. The van der Waals surface area contributed by atoms with Gasteiger partial charge in [-0.25, -0.2) is 0 Å². The van der Waals surface area contributed by atoms with Crippen molar-refractivity contribution in [1.82, 2.24) is 4.98 Å². The van der Waals surface area contributed by atoms with Gasteiger partial charge in [0.15, 0.2) is 0 Å². The molecule has 0 radical (unpaired) electrons. The Labute approximate surface area is 140 Å². The SMILES string of the molecule is O=C1CC(c2cccc(Br)c2)c2c(c3ccccc3[nH]c2=O)O1. The summed E-state index contributed by atoms with van der Waals surface area (Å²) in [6, 6.07) is 15.0. The Hall–Kier alpha value is -2.40. The van der Waals surface area contributed by atoms with Gasteiger partial charge in [0.2, 0.25) is 0 Å². The van der Waals surface area contributed by atoms with E-state index in [1.54, 1.807) is 6.07 Å². The largest absolute Gasteiger partial charge is 0.425 e. The van der Waals surface area contributed by atoms with Crippen molar-refractivity contribution in [3.05, 3.63) is 74.5 Å². The highest BCUT2D eigenvalue weighted by atomic mass is 79.9. The molecular weight excluding hydrogens is 358 g/mol. The summed E-state index contributed by atoms with van der Waals surface area (Å²) in [5.41, 5.74) is 1.88. The average Bonchev–Trinajstić information content (AvgIpc) is 2.54. The minimum absolute atomic E-state index is 0.158. The first-order chi connectivity index (χ1) is 11.1. The summed E-state index contributed by atoms with van der Waals surface area (Å²) in [6.07, 6.45) is 0.158. The van der Waals surface area contributed by atoms with Gasteiger partial charge in [-0.15, -0.1) is 0 Å². The fourth-order valence-corrected chi connectivity index (χ4v) is 3.50. The lowest BCUT2D eigenvalue weighted by molar-refractivity contribution is -0.135. The molecule has 2 aromatic carbocycles. The molecule has 0 amide bonds. The number of hydrogen-bond donors (Lipinski definition) is 1. The van der Waals surface area contributed by atoms with Crippen LogP contribution in [0.15, 0.2) is 57.8 Å². The highest BCUT2D eigenvalue weighted by molar-refractivity contribution is 9.10. The maximum atomic E-state index is 12.6. The molecule has 2 heterocycles. The lowest BCUT2D eigenvalue weighted by Crippen LogP contribution is -2.28. The average molecular weight is 370 g/mol. The number of pyridine rings is 1. The summed E-state index contributed by atoms with van der Waals surface area (Å²) in [4.78, 5) is 27.6. The van der Waals surface area contributed by atoms with Gasteiger partial charge in [0.25, 0.3) is 5.56 Å². The van der Waals surface area contributed by atoms with Crippen LogP contribution < -0.4 is 10.3 Å². The van der Waals surface area contributed by atoms with Gasteiger partial charge < -0.3 is 9.72 Å². The van der Waals surface area contributed by atoms with Crippen LogP contribution in [0.25, 0.3) is 10.9 Å². The highest BCUT2D eigenvalue weighted by Gasteiger charge is 2.32. The monoisotopic (exact) mass is 369 g/mol. The predicted molar refractivity (Wildman–Crippen MR) is 90.8 cm³/mol. The zero-order valence-electron chi connectivity index (χ0n) is 12.0. The number of nitrogens with one attached hydrogen (secondary N) is 1. The fourth-order valence-electron chi connectivity index (χ4n) is 3.09. The number of rotatable bonds is 1. The first kappa shape index (κ1) is 14.2. The van der Waals surface area contributed by atoms with Crippen molar-refractivity contribution in [1.29, 1.82) is 0 Å². The molecule has 1 aliphatic heterocycles. The van der Waals surface area contributed by atoms with E-state index in [0.717, 1.165) is 15.4 Å². The van der Waals surface area contributed by atoms with E-state index in [4.69, 9.17) is 4.74 Å². The van der Waals surface area contributed by atoms with Gasteiger partial charge in [0.1, 0.15) is 5.75 Å². The normalized spacial score (nSPS) is 16.9. The molecule has 114 valence electrons. The van der Waals surface area contributed by atoms with Crippen molar-refractivity contribution in [2.24, 2.45) is 0 Å². The van der Waals surface area contributed by atoms with Crippen LogP contribution in [0.5, 0.6) is 5.75 Å². The number of aromatic amines is 1. The third kappa shape index (κ3) is 2.37. The van der Waals surface area contributed by atoms with E-state index in [2.05, 4.69) is 20.9 Å². The minimum Gasteiger partial charge on any atom is -0.425 e. The quantitative estimate of drug-likeness (QED) is 0.664. The molecule has 23 heavy (non-hydrogen) atoms. The second-order valence-electron chi connectivity index (χ2n) is 5.53. The number of ether oxygens (including phenoxy) is 1. The fraction of sp³-hybridized carbons (Fsp3) is 0.111. The Balaban J connectivity index is 2.02. The van der Waals surface area contributed by atoms with E-state index in [0.29, 0.717) is 16.8 Å². The second-order valence-corrected chi connectivity index (χ2v) is 6.44. The van der Waals surface area contributed by atoms with Gasteiger partial charge in [0, 0.05) is 15.8 Å². The number of esters is 1. The molecule has 3 aromatic rings. The van der Waals surface area contributed by atoms with Gasteiger partial charge >= 0.3 is 5.97 Å². The summed E-state index contributed by atoms with van der Waals surface area (Å²) < 4.78 is 6.35. The molecule has 1 aliphatic rings. The van der Waals surface area contributed by atoms with E-state index < -0.39 is 0 Å². The molecule has 0 saturated carbocycles. The lowest BCUT2D eigenvalue weighted by atomic mass is 9.86. The van der Waals surface area contributed by atoms with E-state index in [1.165, 1.54) is 0 Å². The molecule has 1 atom stereocenters. The van der Waals surface area contributed by atoms with Crippen molar-refractivity contribution in [3.63, 3.8) is 0 Å². The minimum atomic E-state index is -0.321. The number of benzene rings is 2. The molecular formula is C18H12BrNO3. The number of carbonyl (C=O) groups is 1. The molecule has 0 fully saturated rings. The molecule has 5 heteroatoms. The van der Waals surface area contributed by atoms with Crippen LogP contribution in [-0.4, -0.2) is 11.0 Å². The van der Waals surface area contributed by atoms with Gasteiger partial charge in [-0.1, -0.05) is 40.2 Å². The first-order valence-electron chi connectivity index (χ1n) is 7.24. The molecule has 0 saturated heterocycles. The third-order valence-electron chi connectivity index (χ3n) is 4.10. The van der Waals surface area contributed by atoms with Crippen LogP contribution in [0.3, 0.4) is 0 Å². The highest BCUT2D eigenvalue weighted by Crippen LogP contribution is 2.40. The Morgan fingerprint density at radius 2 is 1.91 bits per heavy atom. The Kier molecular flexibility index (Phi) is 3.31. The number of hydrogen-bond acceptors (Lipinski definition) is 3. The maximum absolute atomic E-state index is 12.6. The van der Waals surface area contributed by atoms with E-state index in [9.17, 15) is 9.59 Å². The molecule has 1 aromatic heterocycles. The van der Waals surface area contributed by atoms with Crippen molar-refractivity contribution in [3.8, 4) is 5.75 Å². The first-order valence-corrected chi connectivity index (χ1v) is 8.04. The van der Waals surface area contributed by atoms with Crippen LogP contribution in [-0.2, 0) is 4.79 Å². The number of para-hydroxylation sites is 1. The summed E-state index contributed by atoms with van der Waals surface area (Å²) in [5.74, 6) is -0.249. The molecule has 0 bridgehead atoms. The van der Waals surface area contributed by atoms with Crippen LogP contribution in [0, 0.1) is 0 Å². The summed E-state index contributed by atoms with van der Waals surface area (Å²) >= 11 is 3.44. The number of H-pyrrole nitrogens is 1. The van der Waals surface area contributed by atoms with Crippen molar-refractivity contribution < 1.29 is 9.53 Å². The molecule has 0 aliphatic carbocycles. The summed E-state index contributed by atoms with van der Waals surface area (Å²) in [5, 5.41) is 0.746. The third-order valence-corrected chi connectivity index (χ3v) is 4.59. The number of aromatic nitrogens is 1. The van der Waals surface area contributed by atoms with Gasteiger partial charge in [-0.3, -0.25) is 9.59 Å². The van der Waals surface area contributed by atoms with Crippen molar-refractivity contribution in [2.75, 3.05) is 0 Å². The topological polar surface area (TPSA) is 59.2 Å². The zero-order chi connectivity index (χ0) is 16.0. The lowest BCUT2D eigenvalue weighted by Gasteiger charge is -2.25. The van der Waals surface area contributed by atoms with Gasteiger partial charge in [-0.2, -0.15) is 0 Å². The van der Waals surface area contributed by atoms with Crippen LogP contribution in [0.1, 0.15) is 23.5 Å². The second kappa shape index (κ2) is 5.35. The molecule has 0 spiro atoms. The molecule has 4 nitrogen and oxygen atoms in total. The summed E-state index contributed by atoms with van der Waals surface area (Å²) in [7, 11) is 0. The Bertz CT molecular complexity index is 993. The van der Waals surface area contributed by atoms with E-state index >= 15 is 0 Å². The van der Waals surface area contributed by atoms with E-state index in [1.807, 2.05) is 42.5 Å². The zero-order valence-corrected chi connectivity index (χ0v) is 13.6. The molecule has 1 N–H and O–H groups in total. The van der Waals surface area contributed by atoms with Crippen LogP contribution in [0.2, 0.25) is 0 Å². The Morgan fingerprint density at radius 1 is 1.09 bits per heavy atom. The standard InChI is InChI=1S/C18H12BrNO3/c19-11-5-3-4-10(8-11)13-9-15(21)23-17-12-6-1-2-7-14(12)20-18(22)16(13)17/h1-8,13H,9H2,(H,20,22). The molecule has 4 rings (SSSR count). The van der Waals surface area contributed by atoms with Gasteiger partial charge in [-0.05, 0) is 29.8 Å². The predicted octanol–water partition coefficient (Wildman–Crippen LogP) is 3.73.